The average Bonchev–Trinajstić information content (AvgIpc) is 2.53. The van der Waals surface area contributed by atoms with Gasteiger partial charge in [0.25, 0.3) is 5.69 Å². The van der Waals surface area contributed by atoms with Crippen LogP contribution in [0.3, 0.4) is 0 Å². The quantitative estimate of drug-likeness (QED) is 0.282. The number of aromatic nitrogens is 1. The number of pyridine rings is 1. The average molecular weight is 481 g/mol. The summed E-state index contributed by atoms with van der Waals surface area (Å²) in [6.07, 6.45) is 1.94. The van der Waals surface area contributed by atoms with Gasteiger partial charge in [0.1, 0.15) is 0 Å². The van der Waals surface area contributed by atoms with E-state index in [-0.39, 0.29) is 0 Å². The molecule has 0 radical (unpaired) electrons. The molecule has 9 heteroatoms. The van der Waals surface area contributed by atoms with Crippen LogP contribution < -0.4 is 4.57 Å². The monoisotopic (exact) mass is 480 g/mol. The molecule has 0 unspecified atom stereocenters. The third-order valence-corrected chi connectivity index (χ3v) is 3.28. The van der Waals surface area contributed by atoms with Crippen LogP contribution in [0.15, 0.2) is 66.9 Å². The van der Waals surface area contributed by atoms with Crippen molar-refractivity contribution in [1.29, 1.82) is 5.26 Å². The summed E-state index contributed by atoms with van der Waals surface area (Å²) in [6, 6.07) is 22.5. The van der Waals surface area contributed by atoms with Gasteiger partial charge in [0, 0.05) is 17.7 Å². The molecule has 0 aliphatic rings. The van der Waals surface area contributed by atoms with Crippen LogP contribution in [-0.2, 0) is 6.54 Å². The number of fused-ring (bicyclic) bond motifs is 1. The molecule has 1 heterocycles. The Labute approximate surface area is 147 Å². The van der Waals surface area contributed by atoms with Gasteiger partial charge in [-0.25, -0.2) is 0 Å². The molecule has 0 amide bonds. The topological polar surface area (TPSA) is 27.7 Å². The number of hydrogen-bond acceptors (Lipinski definition) is 1. The zero-order valence-electron chi connectivity index (χ0n) is 13.2. The third-order valence-electron chi connectivity index (χ3n) is 3.28. The standard InChI is InChI=1S/C17H13N2.6FH.Sb/c18-12-16-9-3-4-11-19(16)13-15-8-5-7-14-6-1-2-10-17(14)15;;;;;;;/h1-11H,13H2;6*1H;/q+1;;;;;;;+5/p-6. The predicted octanol–water partition coefficient (Wildman–Crippen LogP) is 5.19. The molecule has 0 bridgehead atoms. The molecule has 0 N–H and O–H groups in total. The van der Waals surface area contributed by atoms with E-state index in [4.69, 9.17) is 5.26 Å². The second-order valence-corrected chi connectivity index (χ2v) is 10.9. The number of rotatable bonds is 2. The SMILES string of the molecule is N#Cc1cccc[n+]1Cc1cccc2ccccc12.[F][Sb-]([F])([F])([F])([F])[F]. The Hall–Kier alpha value is -2.26. The Balaban J connectivity index is 0.000000298. The van der Waals surface area contributed by atoms with Crippen LogP contribution in [0, 0.1) is 11.3 Å². The van der Waals surface area contributed by atoms with Crippen molar-refractivity contribution in [1.82, 2.24) is 0 Å². The summed E-state index contributed by atoms with van der Waals surface area (Å²) in [4.78, 5) is 0. The molecule has 0 fully saturated rings. The van der Waals surface area contributed by atoms with Crippen molar-refractivity contribution in [3.8, 4) is 6.07 Å². The van der Waals surface area contributed by atoms with Crippen molar-refractivity contribution in [2.45, 2.75) is 6.54 Å². The first-order chi connectivity index (χ1) is 11.8. The predicted molar refractivity (Wildman–Crippen MR) is 86.8 cm³/mol. The molecule has 2 aromatic carbocycles. The zero-order chi connectivity index (χ0) is 19.5. The number of nitriles is 1. The number of halogens is 6. The van der Waals surface area contributed by atoms with Crippen molar-refractivity contribution in [2.24, 2.45) is 0 Å². The van der Waals surface area contributed by atoms with Gasteiger partial charge in [-0.15, -0.1) is 0 Å². The summed E-state index contributed by atoms with van der Waals surface area (Å²) in [5.74, 6) is 0. The van der Waals surface area contributed by atoms with Crippen LogP contribution in [0.25, 0.3) is 10.8 Å². The van der Waals surface area contributed by atoms with E-state index in [1.165, 1.54) is 16.3 Å². The molecule has 0 spiro atoms. The number of benzene rings is 2. The van der Waals surface area contributed by atoms with E-state index >= 15 is 0 Å². The number of nitrogens with zero attached hydrogens (tertiary/aromatic N) is 2. The van der Waals surface area contributed by atoms with Crippen molar-refractivity contribution in [3.63, 3.8) is 0 Å². The van der Waals surface area contributed by atoms with Crippen LogP contribution >= 0.6 is 0 Å². The van der Waals surface area contributed by atoms with Gasteiger partial charge in [0.15, 0.2) is 18.8 Å². The fraction of sp³-hybridized carbons (Fsp3) is 0.0588. The van der Waals surface area contributed by atoms with E-state index < -0.39 is 19.5 Å². The van der Waals surface area contributed by atoms with Gasteiger partial charge < -0.3 is 0 Å². The first kappa shape index (κ1) is 20.1. The number of hydrogen-bond donors (Lipinski definition) is 0. The van der Waals surface area contributed by atoms with Crippen LogP contribution in [0.4, 0.5) is 16.9 Å². The second-order valence-electron chi connectivity index (χ2n) is 5.42. The third kappa shape index (κ3) is 7.32. The molecule has 1 aromatic heterocycles. The molecule has 0 saturated heterocycles. The minimum absolute atomic E-state index is 0.676. The summed E-state index contributed by atoms with van der Waals surface area (Å²) in [5, 5.41) is 11.6. The molecule has 3 aromatic rings. The maximum absolute atomic E-state index is 11.2. The fourth-order valence-electron chi connectivity index (χ4n) is 2.33. The van der Waals surface area contributed by atoms with E-state index in [0.717, 1.165) is 0 Å². The Morgan fingerprint density at radius 1 is 0.808 bits per heavy atom. The molecule has 0 aliphatic heterocycles. The Morgan fingerprint density at radius 3 is 2.04 bits per heavy atom. The summed E-state index contributed by atoms with van der Waals surface area (Å²) in [6.45, 7) is 0.713. The Bertz CT molecular complexity index is 961. The van der Waals surface area contributed by atoms with E-state index in [2.05, 4.69) is 36.4 Å². The van der Waals surface area contributed by atoms with Crippen LogP contribution in [-0.4, -0.2) is 19.5 Å². The Morgan fingerprint density at radius 2 is 1.38 bits per heavy atom. The molecule has 0 aliphatic carbocycles. The maximum atomic E-state index is 9.93. The Kier molecular flexibility index (Phi) is 4.99. The summed E-state index contributed by atoms with van der Waals surface area (Å²) in [7, 11) is 0. The molecular formula is C17H13F6N2Sb. The first-order valence-corrected chi connectivity index (χ1v) is 13.0. The molecule has 2 nitrogen and oxygen atoms in total. The normalized spacial score (nSPS) is 13.7. The van der Waals surface area contributed by atoms with Crippen molar-refractivity contribution < 1.29 is 21.4 Å². The van der Waals surface area contributed by atoms with Gasteiger partial charge in [-0.3, -0.25) is 0 Å². The summed E-state index contributed by atoms with van der Waals surface area (Å²) in [5.41, 5.74) is 1.90. The fourth-order valence-corrected chi connectivity index (χ4v) is 2.33. The zero-order valence-corrected chi connectivity index (χ0v) is 15.7. The molecule has 26 heavy (non-hydrogen) atoms. The van der Waals surface area contributed by atoms with Crippen LogP contribution in [0.1, 0.15) is 11.3 Å². The van der Waals surface area contributed by atoms with Gasteiger partial charge in [-0.05, 0) is 16.8 Å². The molecular weight excluding hydrogens is 468 g/mol. The van der Waals surface area contributed by atoms with Crippen molar-refractivity contribution in [3.05, 3.63) is 78.1 Å². The van der Waals surface area contributed by atoms with Crippen molar-refractivity contribution >= 4 is 30.2 Å². The van der Waals surface area contributed by atoms with Crippen molar-refractivity contribution in [2.75, 3.05) is 0 Å². The van der Waals surface area contributed by atoms with Crippen LogP contribution in [0.5, 0.6) is 0 Å². The van der Waals surface area contributed by atoms with E-state index in [0.29, 0.717) is 12.2 Å². The molecule has 0 atom stereocenters. The van der Waals surface area contributed by atoms with Gasteiger partial charge in [0.2, 0.25) is 0 Å². The first-order valence-electron chi connectivity index (χ1n) is 7.25. The summed E-state index contributed by atoms with van der Waals surface area (Å²) >= 11 is -11.2. The van der Waals surface area contributed by atoms with E-state index in [1.807, 2.05) is 41.1 Å². The molecule has 3 rings (SSSR count). The van der Waals surface area contributed by atoms with E-state index in [9.17, 15) is 16.9 Å². The van der Waals surface area contributed by atoms with Gasteiger partial charge in [0.05, 0.1) is 0 Å². The molecule has 138 valence electrons. The van der Waals surface area contributed by atoms with Gasteiger partial charge >= 0.3 is 36.4 Å². The molecule has 0 saturated carbocycles. The minimum atomic E-state index is -11.2. The second kappa shape index (κ2) is 6.47. The summed E-state index contributed by atoms with van der Waals surface area (Å²) < 4.78 is 61.5. The van der Waals surface area contributed by atoms with Gasteiger partial charge in [-0.1, -0.05) is 42.5 Å². The van der Waals surface area contributed by atoms with Gasteiger partial charge in [-0.2, -0.15) is 9.83 Å². The van der Waals surface area contributed by atoms with E-state index in [1.54, 1.807) is 0 Å². The van der Waals surface area contributed by atoms with Crippen LogP contribution in [0.2, 0.25) is 0 Å².